The fraction of sp³-hybridized carbons (Fsp3) is 0.714. The van der Waals surface area contributed by atoms with Gasteiger partial charge in [0.15, 0.2) is 0 Å². The molecule has 0 amide bonds. The quantitative estimate of drug-likeness (QED) is 0.857. The molecule has 2 heterocycles. The summed E-state index contributed by atoms with van der Waals surface area (Å²) in [6.45, 7) is 7.41. The molecule has 120 valence electrons. The Morgan fingerprint density at radius 1 is 1.48 bits per heavy atom. The molecule has 1 aromatic heterocycles. The zero-order chi connectivity index (χ0) is 15.5. The van der Waals surface area contributed by atoms with E-state index in [9.17, 15) is 8.42 Å². The first-order valence-electron chi connectivity index (χ1n) is 7.36. The maximum Gasteiger partial charge on any atom is 0.252 e. The second-order valence-electron chi connectivity index (χ2n) is 5.98. The van der Waals surface area contributed by atoms with Crippen molar-refractivity contribution in [2.45, 2.75) is 30.9 Å². The van der Waals surface area contributed by atoms with Crippen LogP contribution in [0.2, 0.25) is 4.34 Å². The molecule has 1 aliphatic heterocycles. The molecule has 1 N–H and O–H groups in total. The molecule has 1 saturated heterocycles. The van der Waals surface area contributed by atoms with E-state index < -0.39 is 10.0 Å². The van der Waals surface area contributed by atoms with Crippen LogP contribution in [0.3, 0.4) is 0 Å². The van der Waals surface area contributed by atoms with E-state index >= 15 is 0 Å². The maximum absolute atomic E-state index is 12.6. The number of hydrogen-bond donors (Lipinski definition) is 1. The Bertz CT molecular complexity index is 557. The van der Waals surface area contributed by atoms with E-state index in [1.54, 1.807) is 16.4 Å². The summed E-state index contributed by atoms with van der Waals surface area (Å²) in [5, 5.41) is 3.43. The lowest BCUT2D eigenvalue weighted by molar-refractivity contribution is 0.258. The van der Waals surface area contributed by atoms with Gasteiger partial charge in [-0.25, -0.2) is 8.42 Å². The lowest BCUT2D eigenvalue weighted by Crippen LogP contribution is -2.43. The minimum atomic E-state index is -3.38. The monoisotopic (exact) mass is 350 g/mol. The van der Waals surface area contributed by atoms with Crippen LogP contribution in [0, 0.1) is 11.8 Å². The molecule has 0 radical (unpaired) electrons. The first kappa shape index (κ1) is 17.2. The summed E-state index contributed by atoms with van der Waals surface area (Å²) in [5.41, 5.74) is 0. The fourth-order valence-corrected chi connectivity index (χ4v) is 5.74. The van der Waals surface area contributed by atoms with Crippen LogP contribution in [0.4, 0.5) is 0 Å². The third-order valence-corrected chi connectivity index (χ3v) is 7.17. The predicted molar refractivity (Wildman–Crippen MR) is 88.5 cm³/mol. The van der Waals surface area contributed by atoms with Crippen LogP contribution >= 0.6 is 22.9 Å². The summed E-state index contributed by atoms with van der Waals surface area (Å²) in [6, 6.07) is 3.24. The Kier molecular flexibility index (Phi) is 6.08. The molecule has 0 saturated carbocycles. The number of nitrogens with one attached hydrogen (secondary N) is 1. The van der Waals surface area contributed by atoms with Gasteiger partial charge < -0.3 is 5.32 Å². The molecule has 7 heteroatoms. The van der Waals surface area contributed by atoms with E-state index in [-0.39, 0.29) is 0 Å². The van der Waals surface area contributed by atoms with E-state index in [4.69, 9.17) is 11.6 Å². The highest BCUT2D eigenvalue weighted by Gasteiger charge is 2.31. The summed E-state index contributed by atoms with van der Waals surface area (Å²) in [7, 11) is -3.38. The Balaban J connectivity index is 1.97. The van der Waals surface area contributed by atoms with Crippen molar-refractivity contribution in [1.82, 2.24) is 9.62 Å². The number of thiophene rings is 1. The van der Waals surface area contributed by atoms with Crippen molar-refractivity contribution in [3.63, 3.8) is 0 Å². The van der Waals surface area contributed by atoms with E-state index in [0.717, 1.165) is 37.3 Å². The van der Waals surface area contributed by atoms with Crippen LogP contribution in [0.1, 0.15) is 26.7 Å². The maximum atomic E-state index is 12.6. The van der Waals surface area contributed by atoms with Gasteiger partial charge in [0.05, 0.1) is 4.34 Å². The van der Waals surface area contributed by atoms with Gasteiger partial charge in [0.2, 0.25) is 0 Å². The van der Waals surface area contributed by atoms with E-state index in [1.165, 1.54) is 0 Å². The van der Waals surface area contributed by atoms with Crippen LogP contribution in [-0.4, -0.2) is 38.9 Å². The minimum Gasteiger partial charge on any atom is -0.316 e. The van der Waals surface area contributed by atoms with Crippen molar-refractivity contribution >= 4 is 33.0 Å². The molecule has 1 fully saturated rings. The second-order valence-corrected chi connectivity index (χ2v) is 9.86. The highest BCUT2D eigenvalue weighted by Crippen LogP contribution is 2.30. The molecular weight excluding hydrogens is 328 g/mol. The molecule has 2 rings (SSSR count). The Morgan fingerprint density at radius 3 is 2.86 bits per heavy atom. The first-order valence-corrected chi connectivity index (χ1v) is 9.99. The number of piperidine rings is 1. The Labute approximate surface area is 136 Å². The molecule has 1 aliphatic rings. The number of halogens is 1. The number of nitrogens with zero attached hydrogens (tertiary/aromatic N) is 1. The largest absolute Gasteiger partial charge is 0.316 e. The highest BCUT2D eigenvalue weighted by molar-refractivity contribution is 7.91. The van der Waals surface area contributed by atoms with Crippen molar-refractivity contribution in [1.29, 1.82) is 0 Å². The van der Waals surface area contributed by atoms with Gasteiger partial charge in [0.25, 0.3) is 10.0 Å². The zero-order valence-electron chi connectivity index (χ0n) is 12.5. The minimum absolute atomic E-state index is 0.350. The topological polar surface area (TPSA) is 49.4 Å². The fourth-order valence-electron chi connectivity index (χ4n) is 2.55. The van der Waals surface area contributed by atoms with Crippen LogP contribution < -0.4 is 5.32 Å². The van der Waals surface area contributed by atoms with E-state index in [1.807, 2.05) is 0 Å². The average molecular weight is 351 g/mol. The molecule has 1 unspecified atom stereocenters. The summed E-state index contributed by atoms with van der Waals surface area (Å²) in [6.07, 6.45) is 2.01. The Hall–Kier alpha value is -0.140. The molecule has 4 nitrogen and oxygen atoms in total. The molecule has 21 heavy (non-hydrogen) atoms. The smallest absolute Gasteiger partial charge is 0.252 e. The first-order chi connectivity index (χ1) is 9.89. The van der Waals surface area contributed by atoms with Crippen molar-refractivity contribution in [3.8, 4) is 0 Å². The normalized spacial score (nSPS) is 21.0. The van der Waals surface area contributed by atoms with Gasteiger partial charge in [0, 0.05) is 13.1 Å². The lowest BCUT2D eigenvalue weighted by Gasteiger charge is -2.31. The standard InChI is InChI=1S/C14H23ClN2O2S2/c1-11(2)8-16-9-12-4-3-7-17(10-12)21(18,19)14-6-5-13(15)20-14/h5-6,11-12,16H,3-4,7-10H2,1-2H3. The summed E-state index contributed by atoms with van der Waals surface area (Å²) >= 11 is 6.99. The molecule has 1 atom stereocenters. The van der Waals surface area contributed by atoms with Gasteiger partial charge in [-0.05, 0) is 49.9 Å². The highest BCUT2D eigenvalue weighted by atomic mass is 35.5. The molecule has 0 aromatic carbocycles. The summed E-state index contributed by atoms with van der Waals surface area (Å²) in [5.74, 6) is 1.00. The molecule has 1 aromatic rings. The van der Waals surface area contributed by atoms with Gasteiger partial charge in [-0.3, -0.25) is 0 Å². The van der Waals surface area contributed by atoms with Crippen LogP contribution in [0.25, 0.3) is 0 Å². The van der Waals surface area contributed by atoms with Crippen molar-refractivity contribution in [2.24, 2.45) is 11.8 Å². The third kappa shape index (κ3) is 4.66. The van der Waals surface area contributed by atoms with Crippen molar-refractivity contribution in [3.05, 3.63) is 16.5 Å². The summed E-state index contributed by atoms with van der Waals surface area (Å²) in [4.78, 5) is 0. The van der Waals surface area contributed by atoms with Crippen molar-refractivity contribution < 1.29 is 8.42 Å². The van der Waals surface area contributed by atoms with E-state index in [2.05, 4.69) is 19.2 Å². The number of hydrogen-bond acceptors (Lipinski definition) is 4. The van der Waals surface area contributed by atoms with Crippen LogP contribution in [-0.2, 0) is 10.0 Å². The van der Waals surface area contributed by atoms with Crippen LogP contribution in [0.5, 0.6) is 0 Å². The summed E-state index contributed by atoms with van der Waals surface area (Å²) < 4.78 is 27.6. The van der Waals surface area contributed by atoms with Gasteiger partial charge >= 0.3 is 0 Å². The van der Waals surface area contributed by atoms with Crippen LogP contribution in [0.15, 0.2) is 16.3 Å². The zero-order valence-corrected chi connectivity index (χ0v) is 14.9. The molecule has 0 bridgehead atoms. The Morgan fingerprint density at radius 2 is 2.24 bits per heavy atom. The molecule has 0 spiro atoms. The number of rotatable bonds is 6. The number of sulfonamides is 1. The SMILES string of the molecule is CC(C)CNCC1CCCN(S(=O)(=O)c2ccc(Cl)s2)C1. The van der Waals surface area contributed by atoms with Crippen molar-refractivity contribution in [2.75, 3.05) is 26.2 Å². The van der Waals surface area contributed by atoms with Gasteiger partial charge in [-0.15, -0.1) is 11.3 Å². The van der Waals surface area contributed by atoms with Gasteiger partial charge in [-0.1, -0.05) is 25.4 Å². The molecular formula is C14H23ClN2O2S2. The van der Waals surface area contributed by atoms with Gasteiger partial charge in [0.1, 0.15) is 4.21 Å². The average Bonchev–Trinajstić information content (AvgIpc) is 2.86. The third-order valence-electron chi connectivity index (χ3n) is 3.61. The second kappa shape index (κ2) is 7.42. The van der Waals surface area contributed by atoms with Gasteiger partial charge in [-0.2, -0.15) is 4.31 Å². The molecule has 0 aliphatic carbocycles. The van der Waals surface area contributed by atoms with E-state index in [0.29, 0.717) is 33.5 Å². The lowest BCUT2D eigenvalue weighted by atomic mass is 9.99. The predicted octanol–water partition coefficient (Wildman–Crippen LogP) is 3.05.